The molecule has 0 fully saturated rings. The number of aromatic amines is 1. The largest absolute Gasteiger partial charge is 0.382 e. The third kappa shape index (κ3) is 2.54. The Morgan fingerprint density at radius 3 is 2.72 bits per heavy atom. The molecule has 6 heteroatoms. The summed E-state index contributed by atoms with van der Waals surface area (Å²) in [6, 6.07) is 8.13. The number of aromatic nitrogens is 2. The number of Topliss-reactive ketones (excluding diaryl/α,β-unsaturated/α-hetero) is 1. The van der Waals surface area contributed by atoms with Crippen LogP contribution in [0.2, 0.25) is 0 Å². The molecule has 0 unspecified atom stereocenters. The molecule has 4 N–H and O–H groups in total. The predicted molar refractivity (Wildman–Crippen MR) is 67.4 cm³/mol. The summed E-state index contributed by atoms with van der Waals surface area (Å²) in [7, 11) is 0. The van der Waals surface area contributed by atoms with Crippen LogP contribution >= 0.6 is 0 Å². The number of carbonyl (C=O) groups excluding carboxylic acids is 2. The maximum atomic E-state index is 11.8. The molecule has 1 amide bonds. The first-order valence-electron chi connectivity index (χ1n) is 5.29. The first kappa shape index (κ1) is 11.8. The van der Waals surface area contributed by atoms with Crippen molar-refractivity contribution in [1.82, 2.24) is 10.2 Å². The van der Waals surface area contributed by atoms with E-state index in [1.807, 2.05) is 0 Å². The molecule has 2 aromatic rings. The fourth-order valence-electron chi connectivity index (χ4n) is 1.47. The third-order valence-corrected chi connectivity index (χ3v) is 2.37. The van der Waals surface area contributed by atoms with E-state index in [1.54, 1.807) is 24.3 Å². The Balaban J connectivity index is 2.16. The molecule has 0 spiro atoms. The van der Waals surface area contributed by atoms with Crippen LogP contribution < -0.4 is 11.1 Å². The topological polar surface area (TPSA) is 101 Å². The molecule has 1 heterocycles. The van der Waals surface area contributed by atoms with Gasteiger partial charge in [-0.1, -0.05) is 12.1 Å². The van der Waals surface area contributed by atoms with Crippen LogP contribution in [0.3, 0.4) is 0 Å². The van der Waals surface area contributed by atoms with Crippen molar-refractivity contribution in [1.29, 1.82) is 0 Å². The standard InChI is InChI=1S/C12H12N4O2/c1-7(17)8-3-2-4-9(5-8)14-12(18)10-6-11(13)16-15-10/h2-6H,1H3,(H,14,18)(H3,13,15,16). The minimum absolute atomic E-state index is 0.0584. The molecule has 18 heavy (non-hydrogen) atoms. The average Bonchev–Trinajstić information content (AvgIpc) is 2.76. The molecule has 92 valence electrons. The molecule has 0 aliphatic rings. The van der Waals surface area contributed by atoms with Crippen LogP contribution in [-0.2, 0) is 0 Å². The number of hydrogen-bond donors (Lipinski definition) is 3. The number of nitrogens with zero attached hydrogens (tertiary/aromatic N) is 1. The first-order valence-corrected chi connectivity index (χ1v) is 5.29. The van der Waals surface area contributed by atoms with Gasteiger partial charge in [-0.2, -0.15) is 5.10 Å². The summed E-state index contributed by atoms with van der Waals surface area (Å²) in [5, 5.41) is 8.82. The van der Waals surface area contributed by atoms with Crippen molar-refractivity contribution in [2.24, 2.45) is 0 Å². The molecule has 0 radical (unpaired) electrons. The van der Waals surface area contributed by atoms with Crippen molar-refractivity contribution in [2.45, 2.75) is 6.92 Å². The molecule has 0 atom stereocenters. The highest BCUT2D eigenvalue weighted by atomic mass is 16.2. The summed E-state index contributed by atoms with van der Waals surface area (Å²) in [4.78, 5) is 23.0. The minimum atomic E-state index is -0.361. The number of nitrogens with two attached hydrogens (primary N) is 1. The lowest BCUT2D eigenvalue weighted by Crippen LogP contribution is -2.12. The van der Waals surface area contributed by atoms with E-state index in [1.165, 1.54) is 13.0 Å². The predicted octanol–water partition coefficient (Wildman–Crippen LogP) is 1.45. The van der Waals surface area contributed by atoms with E-state index in [4.69, 9.17) is 5.73 Å². The van der Waals surface area contributed by atoms with Crippen molar-refractivity contribution in [3.8, 4) is 0 Å². The molecule has 1 aromatic heterocycles. The minimum Gasteiger partial charge on any atom is -0.382 e. The number of nitrogen functional groups attached to an aromatic ring is 1. The highest BCUT2D eigenvalue weighted by molar-refractivity contribution is 6.04. The highest BCUT2D eigenvalue weighted by Gasteiger charge is 2.09. The summed E-state index contributed by atoms with van der Waals surface area (Å²) in [5.74, 6) is -0.172. The third-order valence-electron chi connectivity index (χ3n) is 2.37. The number of rotatable bonds is 3. The maximum absolute atomic E-state index is 11.8. The molecule has 2 rings (SSSR count). The van der Waals surface area contributed by atoms with Gasteiger partial charge >= 0.3 is 0 Å². The van der Waals surface area contributed by atoms with Crippen molar-refractivity contribution in [3.05, 3.63) is 41.6 Å². The van der Waals surface area contributed by atoms with E-state index in [9.17, 15) is 9.59 Å². The van der Waals surface area contributed by atoms with E-state index in [0.717, 1.165) is 0 Å². The highest BCUT2D eigenvalue weighted by Crippen LogP contribution is 2.12. The summed E-state index contributed by atoms with van der Waals surface area (Å²) in [6.45, 7) is 1.47. The van der Waals surface area contributed by atoms with Gasteiger partial charge in [-0.3, -0.25) is 14.7 Å². The fraction of sp³-hybridized carbons (Fsp3) is 0.0833. The number of carbonyl (C=O) groups is 2. The molecule has 0 saturated carbocycles. The van der Waals surface area contributed by atoms with Gasteiger partial charge in [0.1, 0.15) is 11.5 Å². The molecule has 0 saturated heterocycles. The molecular weight excluding hydrogens is 232 g/mol. The second-order valence-corrected chi connectivity index (χ2v) is 3.80. The van der Waals surface area contributed by atoms with Crippen molar-refractivity contribution >= 4 is 23.2 Å². The van der Waals surface area contributed by atoms with E-state index in [2.05, 4.69) is 15.5 Å². The molecule has 1 aromatic carbocycles. The zero-order chi connectivity index (χ0) is 13.1. The lowest BCUT2D eigenvalue weighted by atomic mass is 10.1. The van der Waals surface area contributed by atoms with Gasteiger partial charge in [0.2, 0.25) is 0 Å². The lowest BCUT2D eigenvalue weighted by molar-refractivity contribution is 0.100. The SMILES string of the molecule is CC(=O)c1cccc(NC(=O)c2cc(N)n[nH]2)c1. The van der Waals surface area contributed by atoms with Gasteiger partial charge in [0, 0.05) is 17.3 Å². The van der Waals surface area contributed by atoms with Gasteiger partial charge in [-0.25, -0.2) is 0 Å². The second-order valence-electron chi connectivity index (χ2n) is 3.80. The zero-order valence-corrected chi connectivity index (χ0v) is 9.73. The molecule has 0 aliphatic heterocycles. The summed E-state index contributed by atoms with van der Waals surface area (Å²) in [6.07, 6.45) is 0. The normalized spacial score (nSPS) is 10.1. The van der Waals surface area contributed by atoms with Crippen LogP contribution in [0.25, 0.3) is 0 Å². The van der Waals surface area contributed by atoms with E-state index in [-0.39, 0.29) is 23.2 Å². The Labute approximate surface area is 103 Å². The number of ketones is 1. The van der Waals surface area contributed by atoms with Crippen LogP contribution in [0.5, 0.6) is 0 Å². The lowest BCUT2D eigenvalue weighted by Gasteiger charge is -2.04. The Bertz CT molecular complexity index is 604. The second kappa shape index (κ2) is 4.70. The Morgan fingerprint density at radius 1 is 1.33 bits per heavy atom. The van der Waals surface area contributed by atoms with Gasteiger partial charge in [0.25, 0.3) is 5.91 Å². The molecule has 0 aliphatic carbocycles. The van der Waals surface area contributed by atoms with Crippen LogP contribution in [0.15, 0.2) is 30.3 Å². The van der Waals surface area contributed by atoms with Gasteiger partial charge in [0.05, 0.1) is 0 Å². The smallest absolute Gasteiger partial charge is 0.273 e. The van der Waals surface area contributed by atoms with Gasteiger partial charge in [-0.05, 0) is 19.1 Å². The van der Waals surface area contributed by atoms with Crippen molar-refractivity contribution in [3.63, 3.8) is 0 Å². The van der Waals surface area contributed by atoms with Crippen molar-refractivity contribution < 1.29 is 9.59 Å². The van der Waals surface area contributed by atoms with Crippen molar-refractivity contribution in [2.75, 3.05) is 11.1 Å². The summed E-state index contributed by atoms with van der Waals surface area (Å²) >= 11 is 0. The zero-order valence-electron chi connectivity index (χ0n) is 9.73. The monoisotopic (exact) mass is 244 g/mol. The number of amides is 1. The molecule has 6 nitrogen and oxygen atoms in total. The van der Waals surface area contributed by atoms with E-state index in [0.29, 0.717) is 11.3 Å². The summed E-state index contributed by atoms with van der Waals surface area (Å²) in [5.41, 5.74) is 6.75. The molecular formula is C12H12N4O2. The number of hydrogen-bond acceptors (Lipinski definition) is 4. The van der Waals surface area contributed by atoms with Crippen LogP contribution in [-0.4, -0.2) is 21.9 Å². The van der Waals surface area contributed by atoms with Crippen LogP contribution in [0, 0.1) is 0 Å². The Morgan fingerprint density at radius 2 is 2.11 bits per heavy atom. The first-order chi connectivity index (χ1) is 8.56. The van der Waals surface area contributed by atoms with Gasteiger partial charge in [0.15, 0.2) is 5.78 Å². The fourth-order valence-corrected chi connectivity index (χ4v) is 1.47. The summed E-state index contributed by atoms with van der Waals surface area (Å²) < 4.78 is 0. The number of H-pyrrole nitrogens is 1. The molecule has 0 bridgehead atoms. The quantitative estimate of drug-likeness (QED) is 0.711. The van der Waals surface area contributed by atoms with Gasteiger partial charge < -0.3 is 11.1 Å². The number of benzene rings is 1. The Kier molecular flexibility index (Phi) is 3.09. The number of nitrogens with one attached hydrogen (secondary N) is 2. The average molecular weight is 244 g/mol. The van der Waals surface area contributed by atoms with Gasteiger partial charge in [-0.15, -0.1) is 0 Å². The maximum Gasteiger partial charge on any atom is 0.273 e. The van der Waals surface area contributed by atoms with E-state index >= 15 is 0 Å². The number of anilines is 2. The van der Waals surface area contributed by atoms with Crippen LogP contribution in [0.4, 0.5) is 11.5 Å². The Hall–Kier alpha value is -2.63. The van der Waals surface area contributed by atoms with E-state index < -0.39 is 0 Å². The van der Waals surface area contributed by atoms with Crippen LogP contribution in [0.1, 0.15) is 27.8 Å².